The Hall–Kier alpha value is -1.41. The van der Waals surface area contributed by atoms with E-state index >= 15 is 0 Å². The molecule has 0 aliphatic heterocycles. The van der Waals surface area contributed by atoms with Crippen LogP contribution in [0.5, 0.6) is 5.19 Å². The number of rotatable bonds is 4. The summed E-state index contributed by atoms with van der Waals surface area (Å²) in [6.07, 6.45) is 0.795. The van der Waals surface area contributed by atoms with Crippen LogP contribution in [-0.4, -0.2) is 34.9 Å². The molecular weight excluding hydrogens is 218 g/mol. The maximum atomic E-state index is 11.4. The molecule has 0 saturated carbocycles. The number of carbonyl (C=O) groups is 1. The summed E-state index contributed by atoms with van der Waals surface area (Å²) in [5.41, 5.74) is 0. The van der Waals surface area contributed by atoms with Crippen molar-refractivity contribution < 1.29 is 9.53 Å². The summed E-state index contributed by atoms with van der Waals surface area (Å²) in [7, 11) is 1.48. The zero-order valence-electron chi connectivity index (χ0n) is 8.56. The first-order valence-corrected chi connectivity index (χ1v) is 5.19. The topological polar surface area (TPSA) is 93.4 Å². The van der Waals surface area contributed by atoms with E-state index in [9.17, 15) is 4.79 Å². The first-order chi connectivity index (χ1) is 7.17. The molecule has 0 unspecified atom stereocenters. The van der Waals surface area contributed by atoms with Crippen LogP contribution in [0.3, 0.4) is 0 Å². The van der Waals surface area contributed by atoms with E-state index in [0.717, 1.165) is 22.8 Å². The van der Waals surface area contributed by atoms with Crippen molar-refractivity contribution in [1.82, 2.24) is 15.2 Å². The fourth-order valence-corrected chi connectivity index (χ4v) is 1.40. The van der Waals surface area contributed by atoms with Gasteiger partial charge in [0.1, 0.15) is 0 Å². The summed E-state index contributed by atoms with van der Waals surface area (Å²) >= 11 is 1.14. The number of nitrogens with two attached hydrogens (primary N) is 1. The zero-order chi connectivity index (χ0) is 11.3. The Morgan fingerprint density at radius 2 is 2.40 bits per heavy atom. The Balaban J connectivity index is 2.50. The highest BCUT2D eigenvalue weighted by atomic mass is 32.1. The largest absolute Gasteiger partial charge is 0.472 e. The zero-order valence-corrected chi connectivity index (χ0v) is 9.37. The second-order valence-corrected chi connectivity index (χ2v) is 3.64. The van der Waals surface area contributed by atoms with Crippen LogP contribution in [0, 0.1) is 0 Å². The quantitative estimate of drug-likeness (QED) is 0.451. The summed E-state index contributed by atoms with van der Waals surface area (Å²) in [6.45, 7) is 2.42. The smallest absolute Gasteiger partial charge is 0.337 e. The highest BCUT2D eigenvalue weighted by Gasteiger charge is 2.11. The van der Waals surface area contributed by atoms with Crippen molar-refractivity contribution in [2.75, 3.05) is 19.0 Å². The summed E-state index contributed by atoms with van der Waals surface area (Å²) < 4.78 is 4.83. The molecule has 0 atom stereocenters. The average Bonchev–Trinajstić information content (AvgIpc) is 2.66. The molecule has 0 bridgehead atoms. The van der Waals surface area contributed by atoms with Gasteiger partial charge < -0.3 is 4.74 Å². The minimum absolute atomic E-state index is 0.364. The highest BCUT2D eigenvalue weighted by molar-refractivity contribution is 7.17. The van der Waals surface area contributed by atoms with Gasteiger partial charge in [0.25, 0.3) is 5.19 Å². The van der Waals surface area contributed by atoms with Crippen molar-refractivity contribution >= 4 is 22.5 Å². The maximum Gasteiger partial charge on any atom is 0.337 e. The molecule has 1 heterocycles. The van der Waals surface area contributed by atoms with Crippen molar-refractivity contribution in [3.05, 3.63) is 0 Å². The number of nitrogens with one attached hydrogen (secondary N) is 1. The van der Waals surface area contributed by atoms with Crippen LogP contribution in [-0.2, 0) is 0 Å². The number of nitrogens with zero attached hydrogens (tertiary/aromatic N) is 3. The average molecular weight is 231 g/mol. The molecule has 3 N–H and O–H groups in total. The number of hydrogen-bond donors (Lipinski definition) is 2. The molecule has 0 aliphatic carbocycles. The summed E-state index contributed by atoms with van der Waals surface area (Å²) in [5, 5.41) is 11.7. The monoisotopic (exact) mass is 231 g/mol. The van der Waals surface area contributed by atoms with E-state index < -0.39 is 6.03 Å². The number of carbonyl (C=O) groups excluding carboxylic acids is 1. The number of urea groups is 1. The molecule has 1 rings (SSSR count). The first kappa shape index (κ1) is 11.7. The van der Waals surface area contributed by atoms with Crippen molar-refractivity contribution in [3.8, 4) is 5.19 Å². The Morgan fingerprint density at radius 3 is 2.93 bits per heavy atom. The van der Waals surface area contributed by atoms with Gasteiger partial charge in [-0.25, -0.2) is 10.6 Å². The van der Waals surface area contributed by atoms with Gasteiger partial charge in [-0.3, -0.25) is 10.3 Å². The first-order valence-electron chi connectivity index (χ1n) is 4.38. The van der Waals surface area contributed by atoms with Crippen LogP contribution in [0.2, 0.25) is 0 Å². The SMILES string of the molecule is CCCN(N)C(=O)Nc1nnc(OC)s1. The number of amides is 2. The molecular formula is C7H13N5O2S. The Bertz CT molecular complexity index is 329. The predicted molar refractivity (Wildman–Crippen MR) is 56.7 cm³/mol. The molecule has 0 spiro atoms. The third-order valence-corrected chi connectivity index (χ3v) is 2.32. The van der Waals surface area contributed by atoms with Crippen LogP contribution in [0.15, 0.2) is 0 Å². The van der Waals surface area contributed by atoms with Crippen LogP contribution in [0.1, 0.15) is 13.3 Å². The van der Waals surface area contributed by atoms with Crippen LogP contribution in [0.4, 0.5) is 9.93 Å². The number of hydrazine groups is 1. The molecule has 2 amide bonds. The van der Waals surface area contributed by atoms with E-state index in [0.29, 0.717) is 16.9 Å². The molecule has 0 fully saturated rings. The highest BCUT2D eigenvalue weighted by Crippen LogP contribution is 2.21. The van der Waals surface area contributed by atoms with Crippen LogP contribution < -0.4 is 15.9 Å². The normalized spacial score (nSPS) is 9.80. The van der Waals surface area contributed by atoms with Gasteiger partial charge in [-0.1, -0.05) is 12.0 Å². The van der Waals surface area contributed by atoms with Gasteiger partial charge >= 0.3 is 6.03 Å². The third kappa shape index (κ3) is 3.33. The fraction of sp³-hybridized carbons (Fsp3) is 0.571. The Kier molecular flexibility index (Phi) is 4.25. The van der Waals surface area contributed by atoms with Gasteiger partial charge in [0.05, 0.1) is 7.11 Å². The Labute approximate surface area is 91.2 Å². The second-order valence-electron chi connectivity index (χ2n) is 2.70. The van der Waals surface area contributed by atoms with Crippen LogP contribution >= 0.6 is 11.3 Å². The van der Waals surface area contributed by atoms with Gasteiger partial charge in [0.15, 0.2) is 0 Å². The molecule has 7 nitrogen and oxygen atoms in total. The molecule has 84 valence electrons. The maximum absolute atomic E-state index is 11.4. The molecule has 0 radical (unpaired) electrons. The third-order valence-electron chi connectivity index (χ3n) is 1.52. The van der Waals surface area contributed by atoms with E-state index in [1.807, 2.05) is 6.92 Å². The summed E-state index contributed by atoms with van der Waals surface area (Å²) in [5.74, 6) is 5.46. The minimum Gasteiger partial charge on any atom is -0.472 e. The van der Waals surface area contributed by atoms with Gasteiger partial charge in [-0.05, 0) is 17.8 Å². The Morgan fingerprint density at radius 1 is 1.67 bits per heavy atom. The molecule has 0 aliphatic rings. The lowest BCUT2D eigenvalue weighted by Gasteiger charge is -2.14. The fourth-order valence-electron chi connectivity index (χ4n) is 0.848. The van der Waals surface area contributed by atoms with Crippen molar-refractivity contribution in [2.45, 2.75) is 13.3 Å². The van der Waals surface area contributed by atoms with E-state index in [1.165, 1.54) is 7.11 Å². The summed E-state index contributed by atoms with van der Waals surface area (Å²) in [6, 6.07) is -0.407. The molecule has 0 saturated heterocycles. The summed E-state index contributed by atoms with van der Waals surface area (Å²) in [4.78, 5) is 11.4. The molecule has 1 aromatic rings. The number of anilines is 1. The van der Waals surface area contributed by atoms with E-state index in [-0.39, 0.29) is 0 Å². The minimum atomic E-state index is -0.407. The van der Waals surface area contributed by atoms with Gasteiger partial charge in [-0.15, -0.1) is 5.10 Å². The lowest BCUT2D eigenvalue weighted by Crippen LogP contribution is -2.41. The second kappa shape index (κ2) is 5.47. The lowest BCUT2D eigenvalue weighted by molar-refractivity contribution is 0.213. The predicted octanol–water partition coefficient (Wildman–Crippen LogP) is 0.664. The van der Waals surface area contributed by atoms with Crippen molar-refractivity contribution in [2.24, 2.45) is 5.84 Å². The number of hydrogen-bond acceptors (Lipinski definition) is 6. The molecule has 1 aromatic heterocycles. The number of ether oxygens (including phenoxy) is 1. The van der Waals surface area contributed by atoms with Crippen molar-refractivity contribution in [3.63, 3.8) is 0 Å². The van der Waals surface area contributed by atoms with Crippen LogP contribution in [0.25, 0.3) is 0 Å². The molecule has 8 heteroatoms. The van der Waals surface area contributed by atoms with E-state index in [2.05, 4.69) is 15.5 Å². The van der Waals surface area contributed by atoms with E-state index in [4.69, 9.17) is 10.6 Å². The molecule has 0 aromatic carbocycles. The number of aromatic nitrogens is 2. The molecule has 15 heavy (non-hydrogen) atoms. The lowest BCUT2D eigenvalue weighted by atomic mass is 10.5. The number of methoxy groups -OCH3 is 1. The van der Waals surface area contributed by atoms with Gasteiger partial charge in [0, 0.05) is 6.54 Å². The van der Waals surface area contributed by atoms with Crippen molar-refractivity contribution in [1.29, 1.82) is 0 Å². The van der Waals surface area contributed by atoms with E-state index in [1.54, 1.807) is 0 Å². The van der Waals surface area contributed by atoms with Gasteiger partial charge in [-0.2, -0.15) is 0 Å². The van der Waals surface area contributed by atoms with Gasteiger partial charge in [0.2, 0.25) is 5.13 Å². The standard InChI is InChI=1S/C7H13N5O2S/c1-3-4-12(8)6(13)9-5-10-11-7(14-2)15-5/h3-4,8H2,1-2H3,(H,9,10,13).